The summed E-state index contributed by atoms with van der Waals surface area (Å²) in [4.78, 5) is 37.1. The summed E-state index contributed by atoms with van der Waals surface area (Å²) in [7, 11) is 5.40. The first-order valence-electron chi connectivity index (χ1n) is 12.6. The number of hydrogen-bond acceptors (Lipinski definition) is 7. The summed E-state index contributed by atoms with van der Waals surface area (Å²) in [6.07, 6.45) is 2.87. The van der Waals surface area contributed by atoms with Crippen LogP contribution in [0.2, 0.25) is 0 Å². The Hall–Kier alpha value is -5.22. The molecule has 0 unspecified atom stereocenters. The third-order valence-corrected chi connectivity index (χ3v) is 6.25. The summed E-state index contributed by atoms with van der Waals surface area (Å²) in [6.45, 7) is 0.470. The maximum atomic E-state index is 14.2. The summed E-state index contributed by atoms with van der Waals surface area (Å²) < 4.78 is 8.91. The van der Waals surface area contributed by atoms with Crippen molar-refractivity contribution in [2.45, 2.75) is 0 Å². The number of nitrogens with two attached hydrogens (primary N) is 1. The number of imidazole rings is 1. The molecular weight excluding hydrogens is 506 g/mol. The van der Waals surface area contributed by atoms with E-state index in [2.05, 4.69) is 15.3 Å². The minimum atomic E-state index is -0.379. The second-order valence-electron chi connectivity index (χ2n) is 9.33. The molecule has 0 aliphatic heterocycles. The van der Waals surface area contributed by atoms with Gasteiger partial charge in [0.05, 0.1) is 11.4 Å². The zero-order valence-corrected chi connectivity index (χ0v) is 22.4. The topological polar surface area (TPSA) is 120 Å². The Labute approximate surface area is 231 Å². The molecule has 0 fully saturated rings. The Morgan fingerprint density at radius 3 is 2.33 bits per heavy atom. The van der Waals surface area contributed by atoms with Crippen molar-refractivity contribution in [3.8, 4) is 22.9 Å². The molecule has 2 aromatic heterocycles. The highest BCUT2D eigenvalue weighted by atomic mass is 16.5. The summed E-state index contributed by atoms with van der Waals surface area (Å²) in [5, 5.41) is 2.64. The smallest absolute Gasteiger partial charge is 0.339 e. The predicted octanol–water partition coefficient (Wildman–Crippen LogP) is 3.64. The number of aromatic nitrogens is 4. The highest BCUT2D eigenvalue weighted by molar-refractivity contribution is 5.96. The van der Waals surface area contributed by atoms with Crippen molar-refractivity contribution >= 4 is 28.5 Å². The Bertz CT molecular complexity index is 1750. The van der Waals surface area contributed by atoms with E-state index in [1.165, 1.54) is 21.5 Å². The molecule has 0 saturated heterocycles. The molecule has 0 atom stereocenters. The van der Waals surface area contributed by atoms with Crippen molar-refractivity contribution in [1.29, 1.82) is 0 Å². The van der Waals surface area contributed by atoms with Crippen LogP contribution in [0.4, 0.5) is 5.82 Å². The highest BCUT2D eigenvalue weighted by Crippen LogP contribution is 2.29. The zero-order valence-electron chi connectivity index (χ0n) is 22.4. The minimum absolute atomic E-state index is 0.164. The molecular formula is C30H29N7O3. The van der Waals surface area contributed by atoms with Gasteiger partial charge in [-0.1, -0.05) is 36.4 Å². The number of ether oxygens (including phenoxy) is 1. The Kier molecular flexibility index (Phi) is 7.43. The number of carbonyl (C=O) groups excluding carboxylic acids is 1. The van der Waals surface area contributed by atoms with Crippen LogP contribution in [0.3, 0.4) is 0 Å². The largest absolute Gasteiger partial charge is 0.457 e. The quantitative estimate of drug-likeness (QED) is 0.291. The molecule has 3 aromatic carbocycles. The van der Waals surface area contributed by atoms with Gasteiger partial charge in [0.1, 0.15) is 23.3 Å². The Balaban J connectivity index is 1.68. The normalized spacial score (nSPS) is 11.7. The number of para-hydroxylation sites is 2. The van der Waals surface area contributed by atoms with Crippen molar-refractivity contribution in [2.24, 2.45) is 0 Å². The van der Waals surface area contributed by atoms with E-state index in [1.807, 2.05) is 73.6 Å². The average Bonchev–Trinajstić information content (AvgIpc) is 3.26. The molecule has 0 bridgehead atoms. The van der Waals surface area contributed by atoms with E-state index in [-0.39, 0.29) is 17.4 Å². The van der Waals surface area contributed by atoms with Crippen LogP contribution in [0.1, 0.15) is 5.56 Å². The average molecular weight is 536 g/mol. The number of anilines is 1. The van der Waals surface area contributed by atoms with Crippen LogP contribution in [0, 0.1) is 0 Å². The highest BCUT2D eigenvalue weighted by Gasteiger charge is 2.23. The molecule has 10 nitrogen and oxygen atoms in total. The number of likely N-dealkylation sites (N-methyl/N-ethyl adjacent to an activating group) is 2. The lowest BCUT2D eigenvalue weighted by molar-refractivity contribution is -0.116. The fourth-order valence-corrected chi connectivity index (χ4v) is 4.51. The second-order valence-corrected chi connectivity index (χ2v) is 9.33. The molecule has 2 heterocycles. The molecule has 5 aromatic rings. The predicted molar refractivity (Wildman–Crippen MR) is 156 cm³/mol. The molecule has 202 valence electrons. The van der Waals surface area contributed by atoms with Crippen molar-refractivity contribution in [1.82, 2.24) is 29.3 Å². The summed E-state index contributed by atoms with van der Waals surface area (Å²) in [5.41, 5.74) is 9.24. The molecule has 10 heteroatoms. The van der Waals surface area contributed by atoms with E-state index < -0.39 is 0 Å². The standard InChI is InChI=1S/C30H29N7O3/c1-32-26(38)17-20(18-35(2)3)24-11-7-8-12-25(24)37-29-27(28(31)33-19-34-29)36(30(37)39)21-13-15-23(16-14-21)40-22-9-5-4-6-10-22/h4-17,19H,18H2,1-3H3,(H,32,38)(H2,31,33,34). The zero-order chi connectivity index (χ0) is 28.2. The van der Waals surface area contributed by atoms with Gasteiger partial charge in [0.15, 0.2) is 11.5 Å². The molecule has 0 spiro atoms. The van der Waals surface area contributed by atoms with Gasteiger partial charge in [-0.3, -0.25) is 9.36 Å². The maximum Gasteiger partial charge on any atom is 0.339 e. The summed E-state index contributed by atoms with van der Waals surface area (Å²) in [5.74, 6) is 1.24. The van der Waals surface area contributed by atoms with Gasteiger partial charge < -0.3 is 20.7 Å². The van der Waals surface area contributed by atoms with Crippen LogP contribution < -0.4 is 21.5 Å². The van der Waals surface area contributed by atoms with Gasteiger partial charge in [-0.05, 0) is 62.1 Å². The first kappa shape index (κ1) is 26.4. The van der Waals surface area contributed by atoms with Gasteiger partial charge in [0, 0.05) is 25.2 Å². The van der Waals surface area contributed by atoms with E-state index in [0.717, 1.165) is 5.57 Å². The minimum Gasteiger partial charge on any atom is -0.457 e. The van der Waals surface area contributed by atoms with Crippen LogP contribution in [-0.2, 0) is 4.79 Å². The molecule has 0 aliphatic carbocycles. The monoisotopic (exact) mass is 535 g/mol. The molecule has 0 saturated carbocycles. The number of fused-ring (bicyclic) bond motifs is 1. The lowest BCUT2D eigenvalue weighted by Crippen LogP contribution is -2.24. The van der Waals surface area contributed by atoms with E-state index in [1.54, 1.807) is 31.3 Å². The number of nitrogens with one attached hydrogen (secondary N) is 1. The summed E-state index contributed by atoms with van der Waals surface area (Å²) in [6, 6.07) is 24.0. The molecule has 3 N–H and O–H groups in total. The number of hydrogen-bond donors (Lipinski definition) is 2. The van der Waals surface area contributed by atoms with Gasteiger partial charge in [0.2, 0.25) is 5.91 Å². The SMILES string of the molecule is CNC(=O)C=C(CN(C)C)c1ccccc1-n1c(=O)n(-c2ccc(Oc3ccccc3)cc2)c2c(N)ncnc21. The van der Waals surface area contributed by atoms with Crippen LogP contribution in [0.5, 0.6) is 11.5 Å². The number of benzene rings is 3. The first-order chi connectivity index (χ1) is 19.4. The van der Waals surface area contributed by atoms with Crippen LogP contribution in [0.25, 0.3) is 28.1 Å². The summed E-state index contributed by atoms with van der Waals surface area (Å²) >= 11 is 0. The lowest BCUT2D eigenvalue weighted by atomic mass is 10.0. The first-order valence-corrected chi connectivity index (χ1v) is 12.6. The van der Waals surface area contributed by atoms with Gasteiger partial charge in [-0.2, -0.15) is 0 Å². The fourth-order valence-electron chi connectivity index (χ4n) is 4.51. The molecule has 0 radical (unpaired) electrons. The van der Waals surface area contributed by atoms with Crippen molar-refractivity contribution < 1.29 is 9.53 Å². The van der Waals surface area contributed by atoms with Crippen molar-refractivity contribution in [3.05, 3.63) is 107 Å². The van der Waals surface area contributed by atoms with Gasteiger partial charge in [0.25, 0.3) is 0 Å². The number of nitrogens with zero attached hydrogens (tertiary/aromatic N) is 5. The number of rotatable bonds is 8. The second kappa shape index (κ2) is 11.3. The van der Waals surface area contributed by atoms with E-state index >= 15 is 0 Å². The molecule has 0 aliphatic rings. The fraction of sp³-hybridized carbons (Fsp3) is 0.133. The van der Waals surface area contributed by atoms with Gasteiger partial charge in [-0.15, -0.1) is 0 Å². The third-order valence-electron chi connectivity index (χ3n) is 6.25. The van der Waals surface area contributed by atoms with E-state index in [9.17, 15) is 9.59 Å². The van der Waals surface area contributed by atoms with Gasteiger partial charge >= 0.3 is 5.69 Å². The maximum absolute atomic E-state index is 14.2. The lowest BCUT2D eigenvalue weighted by Gasteiger charge is -2.17. The Morgan fingerprint density at radius 1 is 0.950 bits per heavy atom. The third kappa shape index (κ3) is 5.20. The van der Waals surface area contributed by atoms with Crippen molar-refractivity contribution in [3.63, 3.8) is 0 Å². The van der Waals surface area contributed by atoms with Gasteiger partial charge in [-0.25, -0.2) is 19.3 Å². The van der Waals surface area contributed by atoms with E-state index in [4.69, 9.17) is 10.5 Å². The molecule has 5 rings (SSSR count). The number of carbonyl (C=O) groups is 1. The number of amides is 1. The van der Waals surface area contributed by atoms with E-state index in [0.29, 0.717) is 46.1 Å². The Morgan fingerprint density at radius 2 is 1.62 bits per heavy atom. The van der Waals surface area contributed by atoms with Crippen LogP contribution in [-0.4, -0.2) is 57.6 Å². The van der Waals surface area contributed by atoms with Crippen LogP contribution >= 0.6 is 0 Å². The van der Waals surface area contributed by atoms with Crippen LogP contribution in [0.15, 0.2) is 96.1 Å². The number of nitrogen functional groups attached to an aromatic ring is 1. The van der Waals surface area contributed by atoms with Crippen molar-refractivity contribution in [2.75, 3.05) is 33.4 Å². The molecule has 1 amide bonds. The molecule has 40 heavy (non-hydrogen) atoms.